The van der Waals surface area contributed by atoms with Crippen molar-refractivity contribution < 1.29 is 19.5 Å². The molecule has 0 aliphatic rings. The first-order valence-corrected chi connectivity index (χ1v) is 9.48. The molecule has 1 aromatic rings. The van der Waals surface area contributed by atoms with Crippen molar-refractivity contribution in [2.75, 3.05) is 6.54 Å². The van der Waals surface area contributed by atoms with E-state index in [4.69, 9.17) is 5.11 Å². The van der Waals surface area contributed by atoms with Gasteiger partial charge in [0, 0.05) is 18.4 Å². The van der Waals surface area contributed by atoms with Crippen LogP contribution in [-0.2, 0) is 27.2 Å². The summed E-state index contributed by atoms with van der Waals surface area (Å²) < 4.78 is 0.966. The summed E-state index contributed by atoms with van der Waals surface area (Å²) in [6.45, 7) is 5.35. The number of aryl methyl sites for hydroxylation is 1. The van der Waals surface area contributed by atoms with Gasteiger partial charge < -0.3 is 5.11 Å². The summed E-state index contributed by atoms with van der Waals surface area (Å²) in [7, 11) is 0. The van der Waals surface area contributed by atoms with Crippen molar-refractivity contribution in [2.45, 2.75) is 45.3 Å². The Kier molecular flexibility index (Phi) is 9.06. The molecule has 1 N–H and O–H groups in total. The third-order valence-corrected chi connectivity index (χ3v) is 4.54. The monoisotopic (exact) mass is 383 g/mol. The summed E-state index contributed by atoms with van der Waals surface area (Å²) in [5, 5.41) is 7.98. The molecule has 0 radical (unpaired) electrons. The quantitative estimate of drug-likeness (QED) is 0.532. The highest BCUT2D eigenvalue weighted by Gasteiger charge is 2.23. The van der Waals surface area contributed by atoms with Gasteiger partial charge >= 0.3 is 5.97 Å². The number of hydrogen-bond acceptors (Lipinski definition) is 5. The number of aliphatic carboxylic acids is 1. The molecule has 1 aromatic carbocycles. The first kappa shape index (κ1) is 21.6. The predicted molar refractivity (Wildman–Crippen MR) is 104 cm³/mol. The number of benzene rings is 1. The molecule has 0 heterocycles. The number of hydrogen-bond donors (Lipinski definition) is 2. The van der Waals surface area contributed by atoms with Gasteiger partial charge in [-0.2, -0.15) is 12.6 Å². The van der Waals surface area contributed by atoms with Crippen molar-refractivity contribution in [2.24, 2.45) is 5.92 Å². The highest BCUT2D eigenvalue weighted by Crippen LogP contribution is 2.18. The van der Waals surface area contributed by atoms with Crippen LogP contribution in [0.25, 0.3) is 0 Å². The summed E-state index contributed by atoms with van der Waals surface area (Å²) in [4.78, 5) is 34.9. The van der Waals surface area contributed by atoms with Crippen molar-refractivity contribution in [1.29, 1.82) is 0 Å². The van der Waals surface area contributed by atoms with Gasteiger partial charge in [0.1, 0.15) is 6.54 Å². The standard InChI is InChI=1S/C18H25NO4S2/c1-12(2)10-15-6-4-14(5-7-15)8-9-17(22)25-19(11-16(20)21)18(23)13(3)24/h4-7,12-13,24H,8-11H2,1-3H3,(H,20,21). The van der Waals surface area contributed by atoms with Gasteiger partial charge in [0.15, 0.2) is 0 Å². The molecular formula is C18H25NO4S2. The van der Waals surface area contributed by atoms with E-state index >= 15 is 0 Å². The number of amides is 1. The van der Waals surface area contributed by atoms with Gasteiger partial charge in [0.2, 0.25) is 11.0 Å². The van der Waals surface area contributed by atoms with E-state index in [1.807, 2.05) is 12.1 Å². The Morgan fingerprint density at radius 3 is 2.16 bits per heavy atom. The zero-order chi connectivity index (χ0) is 19.0. The summed E-state index contributed by atoms with van der Waals surface area (Å²) in [6.07, 6.45) is 1.81. The molecule has 0 aliphatic heterocycles. The van der Waals surface area contributed by atoms with Crippen LogP contribution in [0.15, 0.2) is 24.3 Å². The number of carbonyl (C=O) groups is 3. The highest BCUT2D eigenvalue weighted by molar-refractivity contribution is 8.12. The maximum Gasteiger partial charge on any atom is 0.324 e. The second-order valence-corrected chi connectivity index (χ2v) is 8.18. The number of thiol groups is 1. The smallest absolute Gasteiger partial charge is 0.324 e. The second kappa shape index (κ2) is 10.5. The Labute approximate surface area is 158 Å². The minimum Gasteiger partial charge on any atom is -0.480 e. The molecule has 1 unspecified atom stereocenters. The van der Waals surface area contributed by atoms with E-state index in [-0.39, 0.29) is 11.5 Å². The zero-order valence-corrected chi connectivity index (χ0v) is 16.5. The van der Waals surface area contributed by atoms with E-state index in [2.05, 4.69) is 38.6 Å². The first-order valence-electron chi connectivity index (χ1n) is 8.19. The molecule has 0 aliphatic carbocycles. The summed E-state index contributed by atoms with van der Waals surface area (Å²) in [5.41, 5.74) is 2.31. The Bertz CT molecular complexity index is 600. The molecule has 7 heteroatoms. The molecule has 1 amide bonds. The molecule has 5 nitrogen and oxygen atoms in total. The maximum atomic E-state index is 12.1. The molecule has 0 aromatic heterocycles. The molecule has 0 fully saturated rings. The Balaban J connectivity index is 2.56. The van der Waals surface area contributed by atoms with Crippen LogP contribution in [0.4, 0.5) is 0 Å². The van der Waals surface area contributed by atoms with Gasteiger partial charge in [0.05, 0.1) is 5.25 Å². The van der Waals surface area contributed by atoms with Gasteiger partial charge in [-0.25, -0.2) is 0 Å². The van der Waals surface area contributed by atoms with Crippen LogP contribution in [0, 0.1) is 5.92 Å². The Morgan fingerprint density at radius 1 is 1.12 bits per heavy atom. The van der Waals surface area contributed by atoms with E-state index in [0.717, 1.165) is 16.3 Å². The van der Waals surface area contributed by atoms with Crippen molar-refractivity contribution in [3.63, 3.8) is 0 Å². The fraction of sp³-hybridized carbons (Fsp3) is 0.500. The third kappa shape index (κ3) is 8.45. The largest absolute Gasteiger partial charge is 0.480 e. The van der Waals surface area contributed by atoms with Crippen LogP contribution in [-0.4, -0.2) is 38.2 Å². The van der Waals surface area contributed by atoms with E-state index in [1.54, 1.807) is 6.92 Å². The number of carboxylic acid groups (broad SMARTS) is 1. The van der Waals surface area contributed by atoms with Gasteiger partial charge in [0.25, 0.3) is 0 Å². The van der Waals surface area contributed by atoms with E-state index in [1.165, 1.54) is 5.56 Å². The second-order valence-electron chi connectivity index (χ2n) is 6.32. The average molecular weight is 384 g/mol. The molecule has 0 saturated carbocycles. The Hall–Kier alpha value is -1.47. The number of nitrogens with zero attached hydrogens (tertiary/aromatic N) is 1. The van der Waals surface area contributed by atoms with Crippen LogP contribution in [0.5, 0.6) is 0 Å². The number of carbonyl (C=O) groups excluding carboxylic acids is 2. The fourth-order valence-corrected chi connectivity index (χ4v) is 3.29. The van der Waals surface area contributed by atoms with Crippen LogP contribution >= 0.6 is 24.6 Å². The van der Waals surface area contributed by atoms with Crippen LogP contribution in [0.1, 0.15) is 38.3 Å². The number of carboxylic acids is 1. The van der Waals surface area contributed by atoms with Crippen molar-refractivity contribution in [3.05, 3.63) is 35.4 Å². The van der Waals surface area contributed by atoms with Gasteiger partial charge in [-0.1, -0.05) is 38.1 Å². The number of rotatable bonds is 8. The van der Waals surface area contributed by atoms with Crippen molar-refractivity contribution in [1.82, 2.24) is 4.31 Å². The van der Waals surface area contributed by atoms with Gasteiger partial charge in [-0.15, -0.1) is 0 Å². The lowest BCUT2D eigenvalue weighted by Crippen LogP contribution is -2.35. The Morgan fingerprint density at radius 2 is 1.68 bits per heavy atom. The third-order valence-electron chi connectivity index (χ3n) is 3.38. The average Bonchev–Trinajstić information content (AvgIpc) is 2.51. The van der Waals surface area contributed by atoms with E-state index < -0.39 is 23.7 Å². The molecule has 138 valence electrons. The zero-order valence-electron chi connectivity index (χ0n) is 14.8. The minimum atomic E-state index is -1.16. The molecular weight excluding hydrogens is 358 g/mol. The predicted octanol–water partition coefficient (Wildman–Crippen LogP) is 3.22. The lowest BCUT2D eigenvalue weighted by molar-refractivity contribution is -0.140. The molecule has 25 heavy (non-hydrogen) atoms. The molecule has 1 rings (SSSR count). The molecule has 0 bridgehead atoms. The normalized spacial score (nSPS) is 12.0. The summed E-state index contributed by atoms with van der Waals surface area (Å²) >= 11 is 4.67. The van der Waals surface area contributed by atoms with Crippen molar-refractivity contribution in [3.8, 4) is 0 Å². The molecule has 0 saturated heterocycles. The SMILES string of the molecule is CC(C)Cc1ccc(CCC(=O)SN(CC(=O)O)C(=O)C(C)S)cc1. The first-order chi connectivity index (χ1) is 11.7. The summed E-state index contributed by atoms with van der Waals surface area (Å²) in [6, 6.07) is 8.14. The van der Waals surface area contributed by atoms with Crippen LogP contribution in [0.2, 0.25) is 0 Å². The van der Waals surface area contributed by atoms with Crippen LogP contribution in [0.3, 0.4) is 0 Å². The van der Waals surface area contributed by atoms with Crippen LogP contribution < -0.4 is 0 Å². The van der Waals surface area contributed by atoms with Gasteiger partial charge in [-0.3, -0.25) is 18.7 Å². The van der Waals surface area contributed by atoms with E-state index in [0.29, 0.717) is 24.3 Å². The highest BCUT2D eigenvalue weighted by atomic mass is 32.2. The van der Waals surface area contributed by atoms with E-state index in [9.17, 15) is 14.4 Å². The maximum absolute atomic E-state index is 12.1. The van der Waals surface area contributed by atoms with Gasteiger partial charge in [-0.05, 0) is 36.8 Å². The van der Waals surface area contributed by atoms with Crippen molar-refractivity contribution >= 4 is 41.6 Å². The molecule has 1 atom stereocenters. The lowest BCUT2D eigenvalue weighted by atomic mass is 10.0. The topological polar surface area (TPSA) is 74.7 Å². The lowest BCUT2D eigenvalue weighted by Gasteiger charge is -2.19. The summed E-state index contributed by atoms with van der Waals surface area (Å²) in [5.74, 6) is -1.05. The molecule has 0 spiro atoms. The minimum absolute atomic E-state index is 0.235. The fourth-order valence-electron chi connectivity index (χ4n) is 2.21.